The Morgan fingerprint density at radius 1 is 1.05 bits per heavy atom. The number of rotatable bonds is 3. The van der Waals surface area contributed by atoms with Crippen molar-refractivity contribution in [1.29, 1.82) is 0 Å². The molecule has 5 heteroatoms. The minimum atomic E-state index is -0.321. The van der Waals surface area contributed by atoms with Gasteiger partial charge >= 0.3 is 0 Å². The minimum Gasteiger partial charge on any atom is -0.376 e. The molecular weight excluding hydrogens is 300 g/mol. The Labute approximate surface area is 133 Å². The van der Waals surface area contributed by atoms with Gasteiger partial charge in [-0.1, -0.05) is 35.9 Å². The Morgan fingerprint density at radius 2 is 1.73 bits per heavy atom. The fourth-order valence-electron chi connectivity index (χ4n) is 2.45. The van der Waals surface area contributed by atoms with Crippen LogP contribution in [0.2, 0.25) is 0 Å². The summed E-state index contributed by atoms with van der Waals surface area (Å²) in [4.78, 5) is 24.8. The summed E-state index contributed by atoms with van der Waals surface area (Å²) in [5, 5.41) is 2.95. The largest absolute Gasteiger partial charge is 0.376 e. The zero-order valence-electron chi connectivity index (χ0n) is 12.0. The molecule has 0 spiro atoms. The molecular formula is C17H14ClN2O2+. The third kappa shape index (κ3) is 2.53. The van der Waals surface area contributed by atoms with Crippen LogP contribution in [0.3, 0.4) is 0 Å². The molecule has 0 radical (unpaired) electrons. The normalized spacial score (nSPS) is 14.1. The first kappa shape index (κ1) is 14.5. The second-order valence-electron chi connectivity index (χ2n) is 5.12. The Morgan fingerprint density at radius 3 is 2.41 bits per heavy atom. The van der Waals surface area contributed by atoms with Gasteiger partial charge in [0.05, 0.1) is 0 Å². The van der Waals surface area contributed by atoms with Crippen molar-refractivity contribution in [2.75, 3.05) is 0 Å². The number of nitrogens with zero attached hydrogens (tertiary/aromatic N) is 1. The van der Waals surface area contributed by atoms with Crippen molar-refractivity contribution in [1.82, 2.24) is 5.32 Å². The first-order chi connectivity index (χ1) is 10.6. The van der Waals surface area contributed by atoms with Crippen molar-refractivity contribution in [2.24, 2.45) is 7.05 Å². The molecule has 0 saturated heterocycles. The standard InChI is InChI=1S/C17H13ClN2O2/c1-20-8-4-5-11(10-20)9-19-15-14(18)16(21)12-6-2-3-7-13(12)17(15)22/h2-8,10H,9H2,1H3/p+1. The summed E-state index contributed by atoms with van der Waals surface area (Å²) in [5.74, 6) is -0.571. The van der Waals surface area contributed by atoms with Gasteiger partial charge in [-0.3, -0.25) is 9.59 Å². The quantitative estimate of drug-likeness (QED) is 0.883. The predicted molar refractivity (Wildman–Crippen MR) is 82.4 cm³/mol. The molecule has 22 heavy (non-hydrogen) atoms. The van der Waals surface area contributed by atoms with Crippen LogP contribution in [0.4, 0.5) is 0 Å². The summed E-state index contributed by atoms with van der Waals surface area (Å²) in [7, 11) is 1.92. The molecule has 3 rings (SSSR count). The molecule has 0 bridgehead atoms. The highest BCUT2D eigenvalue weighted by molar-refractivity contribution is 6.49. The van der Waals surface area contributed by atoms with E-state index in [4.69, 9.17) is 11.6 Å². The maximum Gasteiger partial charge on any atom is 0.211 e. The van der Waals surface area contributed by atoms with Crippen LogP contribution in [0.15, 0.2) is 59.5 Å². The van der Waals surface area contributed by atoms with E-state index in [0.29, 0.717) is 17.7 Å². The van der Waals surface area contributed by atoms with Gasteiger partial charge in [0.1, 0.15) is 17.8 Å². The molecule has 110 valence electrons. The van der Waals surface area contributed by atoms with E-state index in [1.54, 1.807) is 24.3 Å². The lowest BCUT2D eigenvalue weighted by Gasteiger charge is -2.18. The average Bonchev–Trinajstić information content (AvgIpc) is 2.53. The molecule has 0 atom stereocenters. The van der Waals surface area contributed by atoms with Crippen molar-refractivity contribution >= 4 is 23.2 Å². The van der Waals surface area contributed by atoms with Gasteiger partial charge in [0.25, 0.3) is 0 Å². The smallest absolute Gasteiger partial charge is 0.211 e. The van der Waals surface area contributed by atoms with Crippen LogP contribution in [0.25, 0.3) is 0 Å². The van der Waals surface area contributed by atoms with E-state index in [2.05, 4.69) is 5.32 Å². The van der Waals surface area contributed by atoms with E-state index in [-0.39, 0.29) is 22.3 Å². The Bertz CT molecular complexity index is 812. The van der Waals surface area contributed by atoms with Crippen molar-refractivity contribution in [2.45, 2.75) is 6.54 Å². The number of Topliss-reactive ketones (excluding diaryl/α,β-unsaturated/α-hetero) is 2. The second-order valence-corrected chi connectivity index (χ2v) is 5.50. The summed E-state index contributed by atoms with van der Waals surface area (Å²) in [6.07, 6.45) is 3.85. The highest BCUT2D eigenvalue weighted by Crippen LogP contribution is 2.27. The number of aromatic nitrogens is 1. The van der Waals surface area contributed by atoms with Crippen LogP contribution in [0.5, 0.6) is 0 Å². The van der Waals surface area contributed by atoms with Gasteiger partial charge in [-0.2, -0.15) is 0 Å². The van der Waals surface area contributed by atoms with Gasteiger partial charge in [-0.25, -0.2) is 4.57 Å². The summed E-state index contributed by atoms with van der Waals surface area (Å²) in [6, 6.07) is 10.6. The zero-order chi connectivity index (χ0) is 15.7. The molecule has 2 aromatic rings. The number of ketones is 2. The third-order valence-electron chi connectivity index (χ3n) is 3.53. The molecule has 1 aromatic heterocycles. The number of nitrogens with one attached hydrogen (secondary N) is 1. The average molecular weight is 314 g/mol. The van der Waals surface area contributed by atoms with Gasteiger partial charge in [0, 0.05) is 29.3 Å². The predicted octanol–water partition coefficient (Wildman–Crippen LogP) is 2.13. The molecule has 0 fully saturated rings. The molecule has 0 unspecified atom stereocenters. The number of pyridine rings is 1. The topological polar surface area (TPSA) is 50.1 Å². The molecule has 0 aliphatic heterocycles. The third-order valence-corrected chi connectivity index (χ3v) is 3.89. The number of halogens is 1. The number of fused-ring (bicyclic) bond motifs is 1. The van der Waals surface area contributed by atoms with E-state index in [1.807, 2.05) is 36.1 Å². The lowest BCUT2D eigenvalue weighted by molar-refractivity contribution is -0.671. The van der Waals surface area contributed by atoms with Gasteiger partial charge in [-0.15, -0.1) is 0 Å². The maximum absolute atomic E-state index is 12.5. The molecule has 1 heterocycles. The number of benzene rings is 1. The van der Waals surface area contributed by atoms with Gasteiger partial charge in [-0.05, 0) is 6.07 Å². The van der Waals surface area contributed by atoms with Crippen LogP contribution < -0.4 is 9.88 Å². The molecule has 1 N–H and O–H groups in total. The second kappa shape index (κ2) is 5.73. The molecule has 1 aliphatic carbocycles. The zero-order valence-corrected chi connectivity index (χ0v) is 12.7. The van der Waals surface area contributed by atoms with Gasteiger partial charge in [0.15, 0.2) is 12.4 Å². The number of carbonyl (C=O) groups excluding carboxylic acids is 2. The van der Waals surface area contributed by atoms with Crippen molar-refractivity contribution in [3.8, 4) is 0 Å². The summed E-state index contributed by atoms with van der Waals surface area (Å²) < 4.78 is 1.91. The SMILES string of the molecule is C[n+]1cccc(CNC2=C(Cl)C(=O)c3ccccc3C2=O)c1. The van der Waals surface area contributed by atoms with Crippen LogP contribution in [-0.2, 0) is 13.6 Å². The first-order valence-corrected chi connectivity index (χ1v) is 7.22. The highest BCUT2D eigenvalue weighted by Gasteiger charge is 2.30. The lowest BCUT2D eigenvalue weighted by Crippen LogP contribution is -2.31. The number of allylic oxidation sites excluding steroid dienone is 2. The van der Waals surface area contributed by atoms with Crippen molar-refractivity contribution in [3.05, 3.63) is 76.2 Å². The maximum atomic E-state index is 12.5. The molecule has 1 aliphatic rings. The molecule has 0 amide bonds. The van der Waals surface area contributed by atoms with Crippen molar-refractivity contribution in [3.63, 3.8) is 0 Å². The Balaban J connectivity index is 1.89. The van der Waals surface area contributed by atoms with Crippen LogP contribution >= 0.6 is 11.6 Å². The van der Waals surface area contributed by atoms with E-state index in [0.717, 1.165) is 5.56 Å². The fraction of sp³-hybridized carbons (Fsp3) is 0.118. The van der Waals surface area contributed by atoms with E-state index in [1.165, 1.54) is 0 Å². The van der Waals surface area contributed by atoms with Crippen molar-refractivity contribution < 1.29 is 14.2 Å². The number of carbonyl (C=O) groups is 2. The van der Waals surface area contributed by atoms with Crippen LogP contribution in [0.1, 0.15) is 26.3 Å². The summed E-state index contributed by atoms with van der Waals surface area (Å²) in [5.41, 5.74) is 1.89. The summed E-state index contributed by atoms with van der Waals surface area (Å²) in [6.45, 7) is 0.418. The van der Waals surface area contributed by atoms with Gasteiger partial charge < -0.3 is 5.32 Å². The number of aryl methyl sites for hydroxylation is 1. The summed E-state index contributed by atoms with van der Waals surface area (Å²) >= 11 is 6.09. The molecule has 0 saturated carbocycles. The van der Waals surface area contributed by atoms with Crippen LogP contribution in [0, 0.1) is 0 Å². The van der Waals surface area contributed by atoms with E-state index in [9.17, 15) is 9.59 Å². The number of hydrogen-bond donors (Lipinski definition) is 1. The number of hydrogen-bond acceptors (Lipinski definition) is 3. The lowest BCUT2D eigenvalue weighted by atomic mass is 9.92. The molecule has 4 nitrogen and oxygen atoms in total. The van der Waals surface area contributed by atoms with E-state index >= 15 is 0 Å². The fourth-order valence-corrected chi connectivity index (χ4v) is 2.70. The Kier molecular flexibility index (Phi) is 3.77. The van der Waals surface area contributed by atoms with E-state index < -0.39 is 0 Å². The highest BCUT2D eigenvalue weighted by atomic mass is 35.5. The van der Waals surface area contributed by atoms with Crippen LogP contribution in [-0.4, -0.2) is 11.6 Å². The molecule has 1 aromatic carbocycles. The monoisotopic (exact) mass is 313 g/mol. The Hall–Kier alpha value is -2.46. The minimum absolute atomic E-state index is 0.0518. The first-order valence-electron chi connectivity index (χ1n) is 6.84. The van der Waals surface area contributed by atoms with Gasteiger partial charge in [0.2, 0.25) is 11.6 Å².